The van der Waals surface area contributed by atoms with Crippen LogP contribution in [0.2, 0.25) is 0 Å². The Bertz CT molecular complexity index is 1240. The van der Waals surface area contributed by atoms with Gasteiger partial charge in [0.05, 0.1) is 0 Å². The third-order valence-electron chi connectivity index (χ3n) is 4.51. The van der Waals surface area contributed by atoms with Gasteiger partial charge in [-0.1, -0.05) is 23.8 Å². The average Bonchev–Trinajstić information content (AvgIpc) is 3.13. The standard InChI is InChI=1S/C22H19N3O2S/c1-13-6-7-19-17(8-13)10-18(21(27)25-19)11-23-20(26)15-4-3-5-16(9-15)22-24-14(2)12-28-22/h3-10,12H,11H2,1-2H3,(H,23,26)(H,25,27). The number of aromatic nitrogens is 2. The zero-order chi connectivity index (χ0) is 19.7. The largest absolute Gasteiger partial charge is 0.348 e. The van der Waals surface area contributed by atoms with Gasteiger partial charge in [-0.25, -0.2) is 4.98 Å². The van der Waals surface area contributed by atoms with Crippen LogP contribution in [0.5, 0.6) is 0 Å². The minimum absolute atomic E-state index is 0.165. The lowest BCUT2D eigenvalue weighted by atomic mass is 10.1. The second-order valence-corrected chi connectivity index (χ2v) is 7.63. The summed E-state index contributed by atoms with van der Waals surface area (Å²) in [4.78, 5) is 32.2. The molecule has 2 N–H and O–H groups in total. The molecule has 0 unspecified atom stereocenters. The number of nitrogens with zero attached hydrogens (tertiary/aromatic N) is 1. The van der Waals surface area contributed by atoms with E-state index in [0.717, 1.165) is 32.7 Å². The van der Waals surface area contributed by atoms with E-state index in [4.69, 9.17) is 0 Å². The Labute approximate surface area is 166 Å². The number of hydrogen-bond acceptors (Lipinski definition) is 4. The first-order chi connectivity index (χ1) is 13.5. The molecule has 0 saturated heterocycles. The van der Waals surface area contributed by atoms with Crippen molar-refractivity contribution in [1.82, 2.24) is 15.3 Å². The zero-order valence-corrected chi connectivity index (χ0v) is 16.4. The van der Waals surface area contributed by atoms with Gasteiger partial charge in [-0.2, -0.15) is 0 Å². The Morgan fingerprint density at radius 3 is 2.79 bits per heavy atom. The second-order valence-electron chi connectivity index (χ2n) is 6.77. The first-order valence-corrected chi connectivity index (χ1v) is 9.81. The molecule has 0 radical (unpaired) electrons. The predicted octanol–water partition coefficient (Wildman–Crippen LogP) is 4.20. The molecular formula is C22H19N3O2S. The lowest BCUT2D eigenvalue weighted by molar-refractivity contribution is 0.0951. The van der Waals surface area contributed by atoms with Gasteiger partial charge in [0.2, 0.25) is 0 Å². The molecule has 2 aromatic carbocycles. The number of fused-ring (bicyclic) bond motifs is 1. The van der Waals surface area contributed by atoms with Gasteiger partial charge in [0, 0.05) is 39.8 Å². The van der Waals surface area contributed by atoms with Crippen LogP contribution in [0.4, 0.5) is 0 Å². The molecule has 28 heavy (non-hydrogen) atoms. The Morgan fingerprint density at radius 2 is 2.00 bits per heavy atom. The molecule has 6 heteroatoms. The van der Waals surface area contributed by atoms with Crippen molar-refractivity contribution in [2.75, 3.05) is 0 Å². The fourth-order valence-corrected chi connectivity index (χ4v) is 3.85. The first-order valence-electron chi connectivity index (χ1n) is 8.93. The summed E-state index contributed by atoms with van der Waals surface area (Å²) in [5.41, 5.74) is 4.64. The Kier molecular flexibility index (Phi) is 4.79. The molecule has 2 aromatic heterocycles. The summed E-state index contributed by atoms with van der Waals surface area (Å²) in [6.45, 7) is 4.11. The molecule has 0 atom stereocenters. The van der Waals surface area contributed by atoms with Gasteiger partial charge in [0.15, 0.2) is 0 Å². The maximum Gasteiger partial charge on any atom is 0.253 e. The summed E-state index contributed by atoms with van der Waals surface area (Å²) in [7, 11) is 0. The summed E-state index contributed by atoms with van der Waals surface area (Å²) >= 11 is 1.55. The molecule has 5 nitrogen and oxygen atoms in total. The Hall–Kier alpha value is -3.25. The molecule has 0 fully saturated rings. The predicted molar refractivity (Wildman–Crippen MR) is 113 cm³/mol. The average molecular weight is 389 g/mol. The van der Waals surface area contributed by atoms with Crippen molar-refractivity contribution in [1.29, 1.82) is 0 Å². The topological polar surface area (TPSA) is 74.8 Å². The molecule has 140 valence electrons. The molecule has 0 aliphatic rings. The van der Waals surface area contributed by atoms with Crippen molar-refractivity contribution < 1.29 is 4.79 Å². The van der Waals surface area contributed by atoms with E-state index in [2.05, 4.69) is 15.3 Å². The molecule has 0 aliphatic carbocycles. The van der Waals surface area contributed by atoms with Crippen molar-refractivity contribution in [3.63, 3.8) is 0 Å². The van der Waals surface area contributed by atoms with Crippen LogP contribution in [-0.2, 0) is 6.54 Å². The number of rotatable bonds is 4. The van der Waals surface area contributed by atoms with Gasteiger partial charge in [-0.15, -0.1) is 11.3 Å². The Morgan fingerprint density at radius 1 is 1.14 bits per heavy atom. The molecule has 0 saturated carbocycles. The van der Waals surface area contributed by atoms with E-state index in [-0.39, 0.29) is 18.0 Å². The van der Waals surface area contributed by atoms with E-state index in [0.29, 0.717) is 11.1 Å². The number of carbonyl (C=O) groups excluding carboxylic acids is 1. The third kappa shape index (κ3) is 3.73. The van der Waals surface area contributed by atoms with Crippen molar-refractivity contribution >= 4 is 28.1 Å². The lowest BCUT2D eigenvalue weighted by Gasteiger charge is -2.07. The number of pyridine rings is 1. The maximum atomic E-state index is 12.6. The van der Waals surface area contributed by atoms with Gasteiger partial charge in [-0.05, 0) is 49.6 Å². The van der Waals surface area contributed by atoms with Crippen molar-refractivity contribution in [2.45, 2.75) is 20.4 Å². The molecule has 0 aliphatic heterocycles. The van der Waals surface area contributed by atoms with Crippen molar-refractivity contribution in [2.24, 2.45) is 0 Å². The van der Waals surface area contributed by atoms with E-state index in [1.807, 2.05) is 61.7 Å². The highest BCUT2D eigenvalue weighted by Crippen LogP contribution is 2.24. The number of aromatic amines is 1. The molecule has 4 aromatic rings. The number of amides is 1. The van der Waals surface area contributed by atoms with E-state index in [9.17, 15) is 9.59 Å². The summed E-state index contributed by atoms with van der Waals surface area (Å²) in [6, 6.07) is 15.0. The van der Waals surface area contributed by atoms with Gasteiger partial charge in [-0.3, -0.25) is 9.59 Å². The minimum Gasteiger partial charge on any atom is -0.348 e. The van der Waals surface area contributed by atoms with Gasteiger partial charge in [0.1, 0.15) is 5.01 Å². The summed E-state index contributed by atoms with van der Waals surface area (Å²) in [6.07, 6.45) is 0. The molecule has 2 heterocycles. The summed E-state index contributed by atoms with van der Waals surface area (Å²) < 4.78 is 0. The SMILES string of the molecule is Cc1ccc2[nH]c(=O)c(CNC(=O)c3cccc(-c4nc(C)cs4)c3)cc2c1. The number of H-pyrrole nitrogens is 1. The second kappa shape index (κ2) is 7.40. The molecular weight excluding hydrogens is 370 g/mol. The fraction of sp³-hybridized carbons (Fsp3) is 0.136. The van der Waals surface area contributed by atoms with Crippen LogP contribution in [0.1, 0.15) is 27.2 Å². The number of thiazole rings is 1. The summed E-state index contributed by atoms with van der Waals surface area (Å²) in [5, 5.41) is 6.66. The van der Waals surface area contributed by atoms with E-state index in [1.54, 1.807) is 17.4 Å². The van der Waals surface area contributed by atoms with Gasteiger partial charge < -0.3 is 10.3 Å². The van der Waals surface area contributed by atoms with Gasteiger partial charge in [0.25, 0.3) is 11.5 Å². The van der Waals surface area contributed by atoms with Crippen LogP contribution < -0.4 is 10.9 Å². The number of aryl methyl sites for hydroxylation is 2. The number of hydrogen-bond donors (Lipinski definition) is 2. The van der Waals surface area contributed by atoms with E-state index < -0.39 is 0 Å². The molecule has 1 amide bonds. The quantitative estimate of drug-likeness (QED) is 0.549. The van der Waals surface area contributed by atoms with Crippen LogP contribution in [0, 0.1) is 13.8 Å². The van der Waals surface area contributed by atoms with Crippen molar-refractivity contribution in [3.05, 3.63) is 86.6 Å². The smallest absolute Gasteiger partial charge is 0.253 e. The van der Waals surface area contributed by atoms with Crippen LogP contribution in [-0.4, -0.2) is 15.9 Å². The highest BCUT2D eigenvalue weighted by molar-refractivity contribution is 7.13. The minimum atomic E-state index is -0.223. The van der Waals surface area contributed by atoms with E-state index in [1.165, 1.54) is 0 Å². The highest BCUT2D eigenvalue weighted by atomic mass is 32.1. The highest BCUT2D eigenvalue weighted by Gasteiger charge is 2.10. The maximum absolute atomic E-state index is 12.6. The number of carbonyl (C=O) groups is 1. The summed E-state index contributed by atoms with van der Waals surface area (Å²) in [5.74, 6) is -0.223. The zero-order valence-electron chi connectivity index (χ0n) is 15.6. The molecule has 0 bridgehead atoms. The third-order valence-corrected chi connectivity index (χ3v) is 5.52. The van der Waals surface area contributed by atoms with Crippen LogP contribution in [0.25, 0.3) is 21.5 Å². The van der Waals surface area contributed by atoms with Crippen LogP contribution in [0.3, 0.4) is 0 Å². The van der Waals surface area contributed by atoms with E-state index >= 15 is 0 Å². The fourth-order valence-electron chi connectivity index (χ4n) is 3.06. The first kappa shape index (κ1) is 18.1. The van der Waals surface area contributed by atoms with Crippen LogP contribution >= 0.6 is 11.3 Å². The monoisotopic (exact) mass is 389 g/mol. The van der Waals surface area contributed by atoms with Crippen LogP contribution in [0.15, 0.2) is 58.7 Å². The molecule has 0 spiro atoms. The van der Waals surface area contributed by atoms with Gasteiger partial charge >= 0.3 is 0 Å². The lowest BCUT2D eigenvalue weighted by Crippen LogP contribution is -2.26. The van der Waals surface area contributed by atoms with Crippen molar-refractivity contribution in [3.8, 4) is 10.6 Å². The number of nitrogens with one attached hydrogen (secondary N) is 2. The normalized spacial score (nSPS) is 10.9. The Balaban J connectivity index is 1.54. The molecule has 4 rings (SSSR count). The number of benzene rings is 2.